The van der Waals surface area contributed by atoms with Crippen LogP contribution in [0.25, 0.3) is 0 Å². The van der Waals surface area contributed by atoms with Crippen LogP contribution in [0.15, 0.2) is 4.52 Å². The smallest absolute Gasteiger partial charge is 0.243 e. The molecule has 1 aliphatic heterocycles. The Kier molecular flexibility index (Phi) is 7.02. The zero-order chi connectivity index (χ0) is 16.7. The Morgan fingerprint density at radius 1 is 1.35 bits per heavy atom. The van der Waals surface area contributed by atoms with Crippen LogP contribution in [-0.4, -0.2) is 40.6 Å². The standard InChI is InChI=1S/C17H30N4O2/c1-4-6-7-15-19-17(23-20-15)13(3)21-11-8-14(9-12-21)16(22)18-10-5-2/h13-14H,4-12H2,1-3H3,(H,18,22). The lowest BCUT2D eigenvalue weighted by Crippen LogP contribution is -2.41. The SMILES string of the molecule is CCCCc1noc(C(C)N2CCC(C(=O)NCCC)CC2)n1. The fourth-order valence-electron chi connectivity index (χ4n) is 2.97. The van der Waals surface area contributed by atoms with Gasteiger partial charge >= 0.3 is 0 Å². The molecule has 1 aromatic heterocycles. The van der Waals surface area contributed by atoms with Crippen molar-refractivity contribution in [2.75, 3.05) is 19.6 Å². The molecule has 1 N–H and O–H groups in total. The van der Waals surface area contributed by atoms with Crippen molar-refractivity contribution in [3.8, 4) is 0 Å². The summed E-state index contributed by atoms with van der Waals surface area (Å²) in [4.78, 5) is 18.9. The topological polar surface area (TPSA) is 71.3 Å². The van der Waals surface area contributed by atoms with E-state index in [-0.39, 0.29) is 17.9 Å². The highest BCUT2D eigenvalue weighted by atomic mass is 16.5. The number of hydrogen-bond donors (Lipinski definition) is 1. The molecule has 1 unspecified atom stereocenters. The summed E-state index contributed by atoms with van der Waals surface area (Å²) in [5, 5.41) is 7.07. The first kappa shape index (κ1) is 17.9. The van der Waals surface area contributed by atoms with Crippen LogP contribution < -0.4 is 5.32 Å². The molecule has 130 valence electrons. The molecular formula is C17H30N4O2. The van der Waals surface area contributed by atoms with Gasteiger partial charge < -0.3 is 9.84 Å². The largest absolute Gasteiger partial charge is 0.356 e. The van der Waals surface area contributed by atoms with Crippen molar-refractivity contribution in [3.63, 3.8) is 0 Å². The van der Waals surface area contributed by atoms with Crippen LogP contribution in [-0.2, 0) is 11.2 Å². The summed E-state index contributed by atoms with van der Waals surface area (Å²) < 4.78 is 5.42. The highest BCUT2D eigenvalue weighted by Gasteiger charge is 2.29. The molecule has 1 aliphatic rings. The Bertz CT molecular complexity index is 481. The van der Waals surface area contributed by atoms with Crippen LogP contribution in [0.4, 0.5) is 0 Å². The van der Waals surface area contributed by atoms with E-state index in [0.29, 0.717) is 5.89 Å². The highest BCUT2D eigenvalue weighted by Crippen LogP contribution is 2.26. The molecule has 1 amide bonds. The molecule has 0 spiro atoms. The van der Waals surface area contributed by atoms with Gasteiger partial charge in [-0.25, -0.2) is 0 Å². The summed E-state index contributed by atoms with van der Waals surface area (Å²) in [6.45, 7) is 8.91. The molecule has 0 aromatic carbocycles. The molecule has 0 saturated carbocycles. The predicted molar refractivity (Wildman–Crippen MR) is 88.9 cm³/mol. The number of piperidine rings is 1. The maximum absolute atomic E-state index is 12.0. The number of carbonyl (C=O) groups is 1. The highest BCUT2D eigenvalue weighted by molar-refractivity contribution is 5.78. The van der Waals surface area contributed by atoms with Crippen LogP contribution in [0.3, 0.4) is 0 Å². The minimum absolute atomic E-state index is 0.123. The summed E-state index contributed by atoms with van der Waals surface area (Å²) in [5.41, 5.74) is 0. The third-order valence-corrected chi connectivity index (χ3v) is 4.59. The van der Waals surface area contributed by atoms with Crippen molar-refractivity contribution in [3.05, 3.63) is 11.7 Å². The minimum Gasteiger partial charge on any atom is -0.356 e. The van der Waals surface area contributed by atoms with Gasteiger partial charge in [0.25, 0.3) is 0 Å². The lowest BCUT2D eigenvalue weighted by atomic mass is 9.95. The van der Waals surface area contributed by atoms with Gasteiger partial charge in [-0.05, 0) is 45.7 Å². The first-order valence-electron chi connectivity index (χ1n) is 8.99. The van der Waals surface area contributed by atoms with E-state index in [9.17, 15) is 4.79 Å². The summed E-state index contributed by atoms with van der Waals surface area (Å²) in [7, 11) is 0. The van der Waals surface area contributed by atoms with Gasteiger partial charge in [-0.3, -0.25) is 9.69 Å². The van der Waals surface area contributed by atoms with Crippen LogP contribution in [0, 0.1) is 5.92 Å². The summed E-state index contributed by atoms with van der Waals surface area (Å²) in [6.07, 6.45) is 5.89. The van der Waals surface area contributed by atoms with Crippen LogP contribution in [0.5, 0.6) is 0 Å². The van der Waals surface area contributed by atoms with E-state index in [1.807, 2.05) is 0 Å². The lowest BCUT2D eigenvalue weighted by Gasteiger charge is -2.33. The number of carbonyl (C=O) groups excluding carboxylic acids is 1. The van der Waals surface area contributed by atoms with Crippen molar-refractivity contribution < 1.29 is 9.32 Å². The minimum atomic E-state index is 0.123. The Labute approximate surface area is 139 Å². The first-order valence-corrected chi connectivity index (χ1v) is 8.99. The number of unbranched alkanes of at least 4 members (excludes halogenated alkanes) is 1. The molecule has 2 heterocycles. The monoisotopic (exact) mass is 322 g/mol. The van der Waals surface area contributed by atoms with Crippen molar-refractivity contribution in [1.82, 2.24) is 20.4 Å². The molecule has 0 bridgehead atoms. The number of rotatable bonds is 8. The van der Waals surface area contributed by atoms with Crippen molar-refractivity contribution in [1.29, 1.82) is 0 Å². The number of aryl methyl sites for hydroxylation is 1. The second-order valence-electron chi connectivity index (χ2n) is 6.43. The fraction of sp³-hybridized carbons (Fsp3) is 0.824. The van der Waals surface area contributed by atoms with Gasteiger partial charge in [0.15, 0.2) is 5.82 Å². The van der Waals surface area contributed by atoms with Crippen molar-refractivity contribution in [2.24, 2.45) is 5.92 Å². The van der Waals surface area contributed by atoms with Crippen molar-refractivity contribution >= 4 is 5.91 Å². The van der Waals surface area contributed by atoms with E-state index < -0.39 is 0 Å². The summed E-state index contributed by atoms with van der Waals surface area (Å²) in [5.74, 6) is 1.86. The van der Waals surface area contributed by atoms with Gasteiger partial charge in [-0.2, -0.15) is 4.98 Å². The molecule has 1 fully saturated rings. The fourth-order valence-corrected chi connectivity index (χ4v) is 2.97. The summed E-state index contributed by atoms with van der Waals surface area (Å²) in [6, 6.07) is 0.123. The number of hydrogen-bond acceptors (Lipinski definition) is 5. The first-order chi connectivity index (χ1) is 11.2. The van der Waals surface area contributed by atoms with E-state index in [2.05, 4.69) is 41.1 Å². The molecule has 2 rings (SSSR count). The van der Waals surface area contributed by atoms with Crippen LogP contribution >= 0.6 is 0 Å². The Hall–Kier alpha value is -1.43. The normalized spacial score (nSPS) is 18.0. The van der Waals surface area contributed by atoms with Crippen LogP contribution in [0.2, 0.25) is 0 Å². The Morgan fingerprint density at radius 2 is 2.09 bits per heavy atom. The van der Waals surface area contributed by atoms with Crippen LogP contribution in [0.1, 0.15) is 70.6 Å². The molecule has 6 heteroatoms. The number of aromatic nitrogens is 2. The number of nitrogens with one attached hydrogen (secondary N) is 1. The molecule has 23 heavy (non-hydrogen) atoms. The van der Waals surface area contributed by atoms with Gasteiger partial charge in [-0.15, -0.1) is 0 Å². The van der Waals surface area contributed by atoms with Gasteiger partial charge in [-0.1, -0.05) is 25.4 Å². The molecule has 6 nitrogen and oxygen atoms in total. The molecule has 1 saturated heterocycles. The van der Waals surface area contributed by atoms with E-state index in [4.69, 9.17) is 4.52 Å². The quantitative estimate of drug-likeness (QED) is 0.797. The Morgan fingerprint density at radius 3 is 2.74 bits per heavy atom. The van der Waals surface area contributed by atoms with E-state index in [1.165, 1.54) is 0 Å². The second kappa shape index (κ2) is 9.01. The van der Waals surface area contributed by atoms with E-state index >= 15 is 0 Å². The molecule has 1 aromatic rings. The Balaban J connectivity index is 1.82. The predicted octanol–water partition coefficient (Wildman–Crippen LogP) is 2.71. The zero-order valence-corrected chi connectivity index (χ0v) is 14.7. The number of likely N-dealkylation sites (tertiary alicyclic amines) is 1. The lowest BCUT2D eigenvalue weighted by molar-refractivity contribution is -0.126. The average molecular weight is 322 g/mol. The zero-order valence-electron chi connectivity index (χ0n) is 14.7. The maximum atomic E-state index is 12.0. The van der Waals surface area contributed by atoms with Gasteiger partial charge in [0.1, 0.15) is 0 Å². The third-order valence-electron chi connectivity index (χ3n) is 4.59. The van der Waals surface area contributed by atoms with Crippen molar-refractivity contribution in [2.45, 2.75) is 65.3 Å². The maximum Gasteiger partial charge on any atom is 0.243 e. The molecule has 0 radical (unpaired) electrons. The number of amides is 1. The third kappa shape index (κ3) is 5.03. The molecular weight excluding hydrogens is 292 g/mol. The van der Waals surface area contributed by atoms with Gasteiger partial charge in [0.2, 0.25) is 11.8 Å². The molecule has 1 atom stereocenters. The van der Waals surface area contributed by atoms with E-state index in [0.717, 1.165) is 64.0 Å². The van der Waals surface area contributed by atoms with Gasteiger partial charge in [0.05, 0.1) is 6.04 Å². The average Bonchev–Trinajstić information content (AvgIpc) is 3.06. The summed E-state index contributed by atoms with van der Waals surface area (Å²) >= 11 is 0. The molecule has 0 aliphatic carbocycles. The number of nitrogens with zero attached hydrogens (tertiary/aromatic N) is 3. The second-order valence-corrected chi connectivity index (χ2v) is 6.43. The van der Waals surface area contributed by atoms with Gasteiger partial charge in [0, 0.05) is 18.9 Å². The van der Waals surface area contributed by atoms with E-state index in [1.54, 1.807) is 0 Å².